The topological polar surface area (TPSA) is 73.1 Å². The Kier molecular flexibility index (Phi) is 6.90. The lowest BCUT2D eigenvalue weighted by molar-refractivity contribution is 0.205. The molecule has 3 N–H and O–H groups in total. The van der Waals surface area contributed by atoms with Gasteiger partial charge in [-0.1, -0.05) is 31.2 Å². The molecule has 5 nitrogen and oxygen atoms in total. The van der Waals surface area contributed by atoms with Crippen molar-refractivity contribution in [3.05, 3.63) is 90.0 Å². The Balaban J connectivity index is 1.74. The van der Waals surface area contributed by atoms with Crippen LogP contribution >= 0.6 is 0 Å². The lowest BCUT2D eigenvalue weighted by atomic mass is 10.1. The predicted molar refractivity (Wildman–Crippen MR) is 107 cm³/mol. The number of hydrogen-bond donors (Lipinski definition) is 2. The number of hydrogen-bond acceptors (Lipinski definition) is 5. The summed E-state index contributed by atoms with van der Waals surface area (Å²) in [5.74, 6) is 0.846. The molecule has 1 unspecified atom stereocenters. The zero-order valence-corrected chi connectivity index (χ0v) is 15.6. The van der Waals surface area contributed by atoms with E-state index in [1.807, 2.05) is 48.5 Å². The lowest BCUT2D eigenvalue weighted by Crippen LogP contribution is -2.26. The van der Waals surface area contributed by atoms with Crippen LogP contribution in [0.3, 0.4) is 0 Å². The third-order valence-electron chi connectivity index (χ3n) is 4.40. The van der Waals surface area contributed by atoms with E-state index in [9.17, 15) is 0 Å². The molecule has 0 aliphatic heterocycles. The van der Waals surface area contributed by atoms with Crippen molar-refractivity contribution in [1.82, 2.24) is 15.3 Å². The van der Waals surface area contributed by atoms with Crippen LogP contribution in [0, 0.1) is 0 Å². The number of nitrogens with one attached hydrogen (secondary N) is 1. The second kappa shape index (κ2) is 9.80. The largest absolute Gasteiger partial charge is 0.489 e. The summed E-state index contributed by atoms with van der Waals surface area (Å²) in [6, 6.07) is 19.9. The van der Waals surface area contributed by atoms with Crippen molar-refractivity contribution in [3.8, 4) is 5.75 Å². The Hall–Kier alpha value is -2.76. The van der Waals surface area contributed by atoms with Gasteiger partial charge < -0.3 is 10.5 Å². The molecule has 0 amide bonds. The van der Waals surface area contributed by atoms with Crippen molar-refractivity contribution in [2.24, 2.45) is 5.73 Å². The molecular formula is C22H26N4O. The van der Waals surface area contributed by atoms with Crippen LogP contribution in [0.15, 0.2) is 73.1 Å². The molecule has 0 saturated carbocycles. The maximum atomic E-state index is 5.95. The summed E-state index contributed by atoms with van der Waals surface area (Å²) < 4.78 is 5.95. The van der Waals surface area contributed by atoms with Crippen LogP contribution < -0.4 is 15.8 Å². The lowest BCUT2D eigenvalue weighted by Gasteiger charge is -2.19. The summed E-state index contributed by atoms with van der Waals surface area (Å²) in [5, 5.41) is 3.57. The van der Waals surface area contributed by atoms with Crippen molar-refractivity contribution < 1.29 is 4.74 Å². The average molecular weight is 362 g/mol. The number of pyridine rings is 2. The molecule has 0 aliphatic rings. The molecule has 0 spiro atoms. The minimum atomic E-state index is -0.0793. The van der Waals surface area contributed by atoms with Gasteiger partial charge in [0.1, 0.15) is 11.9 Å². The molecule has 0 fully saturated rings. The highest BCUT2D eigenvalue weighted by molar-refractivity contribution is 5.29. The van der Waals surface area contributed by atoms with Crippen LogP contribution in [0.5, 0.6) is 5.75 Å². The Morgan fingerprint density at radius 1 is 0.963 bits per heavy atom. The average Bonchev–Trinajstić information content (AvgIpc) is 2.74. The van der Waals surface area contributed by atoms with Gasteiger partial charge in [0.15, 0.2) is 0 Å². The number of nitrogens with zero attached hydrogens (tertiary/aromatic N) is 2. The monoisotopic (exact) mass is 362 g/mol. The predicted octanol–water partition coefficient (Wildman–Crippen LogP) is 3.47. The van der Waals surface area contributed by atoms with Gasteiger partial charge >= 0.3 is 0 Å². The van der Waals surface area contributed by atoms with Gasteiger partial charge in [0.25, 0.3) is 0 Å². The Bertz CT molecular complexity index is 767. The molecule has 3 aromatic rings. The molecule has 1 atom stereocenters. The molecule has 1 aromatic carbocycles. The van der Waals surface area contributed by atoms with E-state index in [1.54, 1.807) is 12.4 Å². The van der Waals surface area contributed by atoms with E-state index in [1.165, 1.54) is 0 Å². The first-order valence-electron chi connectivity index (χ1n) is 9.31. The van der Waals surface area contributed by atoms with Gasteiger partial charge in [0.2, 0.25) is 0 Å². The van der Waals surface area contributed by atoms with E-state index in [0.717, 1.165) is 29.1 Å². The van der Waals surface area contributed by atoms with Crippen LogP contribution in [-0.4, -0.2) is 22.6 Å². The zero-order valence-electron chi connectivity index (χ0n) is 15.6. The second-order valence-corrected chi connectivity index (χ2v) is 6.35. The summed E-state index contributed by atoms with van der Waals surface area (Å²) in [7, 11) is 0. The number of benzene rings is 1. The van der Waals surface area contributed by atoms with Crippen molar-refractivity contribution in [3.63, 3.8) is 0 Å². The van der Waals surface area contributed by atoms with Crippen LogP contribution in [0.1, 0.15) is 36.3 Å². The minimum Gasteiger partial charge on any atom is -0.489 e. The molecule has 0 radical (unpaired) electrons. The summed E-state index contributed by atoms with van der Waals surface area (Å²) in [6.07, 6.45) is 4.54. The van der Waals surface area contributed by atoms with Gasteiger partial charge in [-0.15, -0.1) is 0 Å². The third kappa shape index (κ3) is 5.36. The molecular weight excluding hydrogens is 336 g/mol. The van der Waals surface area contributed by atoms with Crippen LogP contribution in [0.4, 0.5) is 0 Å². The second-order valence-electron chi connectivity index (χ2n) is 6.35. The standard InChI is InChI=1S/C22H26N4O/c1-2-18(15-23)27-19-9-7-8-17(14-19)16-26-22(20-10-3-5-12-24-20)21-11-4-6-13-25-21/h3-14,18,22,26H,2,15-16,23H2,1H3. The SMILES string of the molecule is CCC(CN)Oc1cccc(CNC(c2ccccn2)c2ccccn2)c1. The fourth-order valence-corrected chi connectivity index (χ4v) is 2.89. The van der Waals surface area contributed by atoms with E-state index in [0.29, 0.717) is 13.1 Å². The molecule has 27 heavy (non-hydrogen) atoms. The Labute approximate surface area is 160 Å². The number of nitrogens with two attached hydrogens (primary N) is 1. The Morgan fingerprint density at radius 2 is 1.67 bits per heavy atom. The summed E-state index contributed by atoms with van der Waals surface area (Å²) in [6.45, 7) is 3.27. The summed E-state index contributed by atoms with van der Waals surface area (Å²) in [5.41, 5.74) is 8.77. The fourth-order valence-electron chi connectivity index (χ4n) is 2.89. The quantitative estimate of drug-likeness (QED) is 0.610. The molecule has 0 aliphatic carbocycles. The molecule has 2 aromatic heterocycles. The van der Waals surface area contributed by atoms with Crippen molar-refractivity contribution in [2.45, 2.75) is 32.0 Å². The molecule has 0 saturated heterocycles. The smallest absolute Gasteiger partial charge is 0.120 e. The van der Waals surface area contributed by atoms with Crippen molar-refractivity contribution >= 4 is 0 Å². The minimum absolute atomic E-state index is 0.0444. The van der Waals surface area contributed by atoms with E-state index < -0.39 is 0 Å². The molecule has 0 bridgehead atoms. The third-order valence-corrected chi connectivity index (χ3v) is 4.40. The number of aromatic nitrogens is 2. The maximum Gasteiger partial charge on any atom is 0.120 e. The fraction of sp³-hybridized carbons (Fsp3) is 0.273. The van der Waals surface area contributed by atoms with Crippen LogP contribution in [0.2, 0.25) is 0 Å². The highest BCUT2D eigenvalue weighted by Crippen LogP contribution is 2.20. The zero-order chi connectivity index (χ0) is 18.9. The van der Waals surface area contributed by atoms with Crippen molar-refractivity contribution in [2.75, 3.05) is 6.54 Å². The van der Waals surface area contributed by atoms with Gasteiger partial charge in [-0.05, 0) is 48.4 Å². The highest BCUT2D eigenvalue weighted by atomic mass is 16.5. The van der Waals surface area contributed by atoms with Gasteiger partial charge in [-0.2, -0.15) is 0 Å². The van der Waals surface area contributed by atoms with Crippen LogP contribution in [0.25, 0.3) is 0 Å². The maximum absolute atomic E-state index is 5.95. The van der Waals surface area contributed by atoms with Gasteiger partial charge in [-0.25, -0.2) is 0 Å². The van der Waals surface area contributed by atoms with Gasteiger partial charge in [-0.3, -0.25) is 15.3 Å². The van der Waals surface area contributed by atoms with E-state index in [2.05, 4.69) is 34.3 Å². The highest BCUT2D eigenvalue weighted by Gasteiger charge is 2.16. The molecule has 5 heteroatoms. The van der Waals surface area contributed by atoms with Gasteiger partial charge in [0.05, 0.1) is 17.4 Å². The first kappa shape index (κ1) is 19.0. The molecule has 2 heterocycles. The summed E-state index contributed by atoms with van der Waals surface area (Å²) >= 11 is 0. The molecule has 3 rings (SSSR count). The van der Waals surface area contributed by atoms with Gasteiger partial charge in [0, 0.05) is 25.5 Å². The number of rotatable bonds is 9. The van der Waals surface area contributed by atoms with E-state index >= 15 is 0 Å². The normalized spacial score (nSPS) is 12.1. The number of ether oxygens (including phenoxy) is 1. The van der Waals surface area contributed by atoms with E-state index in [-0.39, 0.29) is 12.1 Å². The van der Waals surface area contributed by atoms with Crippen molar-refractivity contribution in [1.29, 1.82) is 0 Å². The molecule has 140 valence electrons. The summed E-state index contributed by atoms with van der Waals surface area (Å²) in [4.78, 5) is 9.01. The first-order valence-corrected chi connectivity index (χ1v) is 9.31. The van der Waals surface area contributed by atoms with Crippen LogP contribution in [-0.2, 0) is 6.54 Å². The first-order chi connectivity index (χ1) is 13.3. The Morgan fingerprint density at radius 3 is 2.22 bits per heavy atom. The van der Waals surface area contributed by atoms with E-state index in [4.69, 9.17) is 10.5 Å².